The van der Waals surface area contributed by atoms with E-state index in [1.54, 1.807) is 48.5 Å². The monoisotopic (exact) mass is 292 g/mol. The first-order valence-corrected chi connectivity index (χ1v) is 7.20. The summed E-state index contributed by atoms with van der Waals surface area (Å²) in [5.74, 6) is -0.125. The second-order valence-corrected chi connectivity index (χ2v) is 7.99. The zero-order chi connectivity index (χ0) is 17.2. The molecule has 20 heavy (non-hydrogen) atoms. The average molecular weight is 292 g/mol. The van der Waals surface area contributed by atoms with Crippen LogP contribution < -0.4 is 0 Å². The van der Waals surface area contributed by atoms with E-state index in [-0.39, 0.29) is 5.92 Å². The highest BCUT2D eigenvalue weighted by atomic mass is 16.3. The van der Waals surface area contributed by atoms with Crippen LogP contribution in [0.4, 0.5) is 0 Å². The van der Waals surface area contributed by atoms with E-state index in [2.05, 4.69) is 0 Å². The standard InChI is InChI=1S/2C8H18O2/c1-6(9)7(2,3)8(4,5)10;1-6(7(2,3)9)8(4,5)10/h2*6,9-10H,1-5H3. The van der Waals surface area contributed by atoms with Gasteiger partial charge in [-0.15, -0.1) is 0 Å². The van der Waals surface area contributed by atoms with Crippen LogP contribution >= 0.6 is 0 Å². The molecular formula is C16H36O4. The quantitative estimate of drug-likeness (QED) is 0.641. The lowest BCUT2D eigenvalue weighted by Gasteiger charge is -2.39. The summed E-state index contributed by atoms with van der Waals surface area (Å²) in [5.41, 5.74) is -2.90. The molecule has 0 aliphatic carbocycles. The van der Waals surface area contributed by atoms with Gasteiger partial charge in [-0.05, 0) is 48.5 Å². The highest BCUT2D eigenvalue weighted by Crippen LogP contribution is 2.33. The summed E-state index contributed by atoms with van der Waals surface area (Å²) in [6.07, 6.45) is -0.493. The molecule has 1 atom stereocenters. The summed E-state index contributed by atoms with van der Waals surface area (Å²) in [4.78, 5) is 0. The van der Waals surface area contributed by atoms with Crippen molar-refractivity contribution in [1.82, 2.24) is 0 Å². The summed E-state index contributed by atoms with van der Waals surface area (Å²) in [7, 11) is 0. The first-order valence-electron chi connectivity index (χ1n) is 7.20. The fourth-order valence-corrected chi connectivity index (χ4v) is 1.38. The van der Waals surface area contributed by atoms with E-state index < -0.39 is 28.3 Å². The molecule has 0 aromatic rings. The van der Waals surface area contributed by atoms with Crippen LogP contribution in [0.2, 0.25) is 0 Å². The van der Waals surface area contributed by atoms with Gasteiger partial charge in [-0.25, -0.2) is 0 Å². The highest BCUT2D eigenvalue weighted by molar-refractivity contribution is 4.89. The van der Waals surface area contributed by atoms with Crippen molar-refractivity contribution in [1.29, 1.82) is 0 Å². The van der Waals surface area contributed by atoms with Gasteiger partial charge in [-0.2, -0.15) is 0 Å². The first-order chi connectivity index (χ1) is 8.35. The molecule has 0 saturated heterocycles. The van der Waals surface area contributed by atoms with Crippen molar-refractivity contribution in [3.05, 3.63) is 0 Å². The van der Waals surface area contributed by atoms with Crippen LogP contribution in [0.25, 0.3) is 0 Å². The molecule has 0 spiro atoms. The van der Waals surface area contributed by atoms with Gasteiger partial charge >= 0.3 is 0 Å². The van der Waals surface area contributed by atoms with Crippen LogP contribution in [0, 0.1) is 11.3 Å². The average Bonchev–Trinajstić information content (AvgIpc) is 2.12. The maximum Gasteiger partial charge on any atom is 0.0666 e. The SMILES string of the molecule is CC(C(C)(C)O)C(C)(C)O.CC(O)C(C)(C)C(C)(C)O. The van der Waals surface area contributed by atoms with Crippen molar-refractivity contribution in [2.45, 2.75) is 92.1 Å². The van der Waals surface area contributed by atoms with Gasteiger partial charge in [0.2, 0.25) is 0 Å². The molecule has 0 aromatic heterocycles. The summed E-state index contributed by atoms with van der Waals surface area (Å²) in [6.45, 7) is 17.4. The second-order valence-electron chi connectivity index (χ2n) is 7.99. The molecule has 1 unspecified atom stereocenters. The minimum atomic E-state index is -0.832. The smallest absolute Gasteiger partial charge is 0.0666 e. The van der Waals surface area contributed by atoms with Crippen molar-refractivity contribution >= 4 is 0 Å². The van der Waals surface area contributed by atoms with E-state index in [1.807, 2.05) is 20.8 Å². The fourth-order valence-electron chi connectivity index (χ4n) is 1.38. The molecule has 4 nitrogen and oxygen atoms in total. The molecule has 0 radical (unpaired) electrons. The van der Waals surface area contributed by atoms with Crippen molar-refractivity contribution in [3.8, 4) is 0 Å². The van der Waals surface area contributed by atoms with Crippen molar-refractivity contribution in [3.63, 3.8) is 0 Å². The Hall–Kier alpha value is -0.160. The Kier molecular flexibility index (Phi) is 7.45. The Balaban J connectivity index is 0. The van der Waals surface area contributed by atoms with Crippen LogP contribution in [-0.4, -0.2) is 43.3 Å². The number of aliphatic hydroxyl groups excluding tert-OH is 1. The molecule has 0 saturated carbocycles. The number of hydrogen-bond acceptors (Lipinski definition) is 4. The normalized spacial score (nSPS) is 15.8. The number of hydrogen-bond donors (Lipinski definition) is 4. The van der Waals surface area contributed by atoms with Crippen molar-refractivity contribution < 1.29 is 20.4 Å². The van der Waals surface area contributed by atoms with Crippen LogP contribution in [-0.2, 0) is 0 Å². The second kappa shape index (κ2) is 6.73. The third-order valence-electron chi connectivity index (χ3n) is 4.74. The van der Waals surface area contributed by atoms with Crippen LogP contribution in [0.15, 0.2) is 0 Å². The summed E-state index contributed by atoms with van der Waals surface area (Å²) >= 11 is 0. The van der Waals surface area contributed by atoms with Gasteiger partial charge in [0, 0.05) is 11.3 Å². The van der Waals surface area contributed by atoms with Gasteiger partial charge in [0.1, 0.15) is 0 Å². The summed E-state index contributed by atoms with van der Waals surface area (Å²) in [5, 5.41) is 37.7. The zero-order valence-corrected chi connectivity index (χ0v) is 14.9. The van der Waals surface area contributed by atoms with Crippen molar-refractivity contribution in [2.24, 2.45) is 11.3 Å². The van der Waals surface area contributed by atoms with E-state index in [0.717, 1.165) is 0 Å². The Morgan fingerprint density at radius 2 is 0.900 bits per heavy atom. The van der Waals surface area contributed by atoms with E-state index in [0.29, 0.717) is 0 Å². The highest BCUT2D eigenvalue weighted by Gasteiger charge is 2.38. The molecule has 0 rings (SSSR count). The lowest BCUT2D eigenvalue weighted by Crippen LogP contribution is -2.46. The fraction of sp³-hybridized carbons (Fsp3) is 1.00. The molecular weight excluding hydrogens is 256 g/mol. The molecule has 0 fully saturated rings. The molecule has 4 N–H and O–H groups in total. The van der Waals surface area contributed by atoms with E-state index >= 15 is 0 Å². The van der Waals surface area contributed by atoms with Gasteiger partial charge in [-0.3, -0.25) is 0 Å². The van der Waals surface area contributed by atoms with Gasteiger partial charge < -0.3 is 20.4 Å². The van der Waals surface area contributed by atoms with E-state index in [1.165, 1.54) is 0 Å². The number of aliphatic hydroxyl groups is 4. The Morgan fingerprint density at radius 1 is 0.650 bits per heavy atom. The molecule has 0 bridgehead atoms. The molecule has 0 aliphatic heterocycles. The van der Waals surface area contributed by atoms with E-state index in [9.17, 15) is 20.4 Å². The molecule has 0 aliphatic rings. The maximum atomic E-state index is 9.56. The lowest BCUT2D eigenvalue weighted by molar-refractivity contribution is -0.0963. The molecule has 4 heteroatoms. The zero-order valence-electron chi connectivity index (χ0n) is 14.9. The largest absolute Gasteiger partial charge is 0.393 e. The Morgan fingerprint density at radius 3 is 0.900 bits per heavy atom. The first kappa shape index (κ1) is 22.1. The Bertz CT molecular complexity index is 260. The van der Waals surface area contributed by atoms with Crippen LogP contribution in [0.5, 0.6) is 0 Å². The van der Waals surface area contributed by atoms with Gasteiger partial charge in [0.25, 0.3) is 0 Å². The predicted molar refractivity (Wildman–Crippen MR) is 83.5 cm³/mol. The third-order valence-corrected chi connectivity index (χ3v) is 4.74. The summed E-state index contributed by atoms with van der Waals surface area (Å²) < 4.78 is 0. The van der Waals surface area contributed by atoms with Gasteiger partial charge in [0.05, 0.1) is 22.9 Å². The molecule has 0 aromatic carbocycles. The topological polar surface area (TPSA) is 80.9 Å². The van der Waals surface area contributed by atoms with Crippen LogP contribution in [0.1, 0.15) is 69.2 Å². The summed E-state index contributed by atoms with van der Waals surface area (Å²) in [6, 6.07) is 0. The molecule has 0 amide bonds. The van der Waals surface area contributed by atoms with Gasteiger partial charge in [0.15, 0.2) is 0 Å². The lowest BCUT2D eigenvalue weighted by atomic mass is 9.73. The molecule has 0 heterocycles. The Labute approximate surface area is 124 Å². The van der Waals surface area contributed by atoms with E-state index in [4.69, 9.17) is 0 Å². The number of rotatable bonds is 4. The van der Waals surface area contributed by atoms with Crippen LogP contribution in [0.3, 0.4) is 0 Å². The third kappa shape index (κ3) is 7.02. The molecule has 124 valence electrons. The maximum absolute atomic E-state index is 9.56. The predicted octanol–water partition coefficient (Wildman–Crippen LogP) is 2.33. The minimum absolute atomic E-state index is 0.125. The van der Waals surface area contributed by atoms with Crippen molar-refractivity contribution in [2.75, 3.05) is 0 Å². The minimum Gasteiger partial charge on any atom is -0.393 e. The van der Waals surface area contributed by atoms with Gasteiger partial charge in [-0.1, -0.05) is 20.8 Å².